The van der Waals surface area contributed by atoms with Crippen molar-refractivity contribution >= 4 is 15.9 Å². The molecule has 0 radical (unpaired) electrons. The van der Waals surface area contributed by atoms with Crippen molar-refractivity contribution in [3.63, 3.8) is 0 Å². The zero-order valence-corrected chi connectivity index (χ0v) is 22.6. The Bertz CT molecular complexity index is 1190. The lowest BCUT2D eigenvalue weighted by molar-refractivity contribution is 0.0184. The van der Waals surface area contributed by atoms with E-state index in [0.29, 0.717) is 24.3 Å². The van der Waals surface area contributed by atoms with Crippen LogP contribution in [-0.2, 0) is 16.6 Å². The zero-order chi connectivity index (χ0) is 25.9. The van der Waals surface area contributed by atoms with Crippen LogP contribution in [0.1, 0.15) is 80.1 Å². The molecule has 3 aliphatic rings. The molecule has 1 aliphatic carbocycles. The van der Waals surface area contributed by atoms with E-state index in [1.807, 2.05) is 18.2 Å². The SMILES string of the molecule is COc1ccc(S(=O)(=O)NCC2CCCCC2)cc1C(=O)NC12CCCC(CC1)N2Cc1ccccc1. The molecule has 1 saturated carbocycles. The molecule has 3 fully saturated rings. The van der Waals surface area contributed by atoms with Crippen molar-refractivity contribution in [1.82, 2.24) is 14.9 Å². The molecular weight excluding hydrogens is 486 g/mol. The number of carbonyl (C=O) groups excluding carboxylic acids is 1. The standard InChI is InChI=1S/C29H39N3O4S/c1-36-27-15-14-25(37(34,35)30-20-22-9-4-2-5-10-22)19-26(27)28(33)31-29-17-8-13-24(16-18-29)32(29)21-23-11-6-3-7-12-23/h3,6-7,11-12,14-15,19,22,24,30H,2,4-5,8-10,13,16-18,20-21H2,1H3,(H,31,33). The van der Waals surface area contributed by atoms with Crippen LogP contribution in [0.2, 0.25) is 0 Å². The maximum absolute atomic E-state index is 13.7. The molecule has 2 N–H and O–H groups in total. The number of rotatable bonds is 9. The summed E-state index contributed by atoms with van der Waals surface area (Å²) < 4.78 is 34.5. The van der Waals surface area contributed by atoms with Gasteiger partial charge in [0.2, 0.25) is 10.0 Å². The van der Waals surface area contributed by atoms with E-state index < -0.39 is 15.7 Å². The van der Waals surface area contributed by atoms with Crippen LogP contribution < -0.4 is 14.8 Å². The first-order chi connectivity index (χ1) is 17.9. The van der Waals surface area contributed by atoms with Gasteiger partial charge in [-0.1, -0.05) is 49.6 Å². The Labute approximate surface area is 221 Å². The fourth-order valence-corrected chi connectivity index (χ4v) is 7.67. The Balaban J connectivity index is 1.35. The molecule has 5 rings (SSSR count). The molecule has 0 spiro atoms. The fourth-order valence-electron chi connectivity index (χ4n) is 6.52. The fraction of sp³-hybridized carbons (Fsp3) is 0.552. The lowest BCUT2D eigenvalue weighted by Gasteiger charge is -2.45. The van der Waals surface area contributed by atoms with Crippen LogP contribution >= 0.6 is 0 Å². The second-order valence-electron chi connectivity index (χ2n) is 10.9. The van der Waals surface area contributed by atoms with Gasteiger partial charge in [-0.25, -0.2) is 13.1 Å². The first kappa shape index (κ1) is 26.2. The highest BCUT2D eigenvalue weighted by Gasteiger charge is 2.49. The summed E-state index contributed by atoms with van der Waals surface area (Å²) in [4.78, 5) is 16.3. The van der Waals surface area contributed by atoms with Crippen molar-refractivity contribution in [2.75, 3.05) is 13.7 Å². The van der Waals surface area contributed by atoms with Gasteiger partial charge in [-0.05, 0) is 74.6 Å². The highest BCUT2D eigenvalue weighted by Crippen LogP contribution is 2.43. The zero-order valence-electron chi connectivity index (χ0n) is 21.7. The first-order valence-corrected chi connectivity index (χ1v) is 15.2. The van der Waals surface area contributed by atoms with E-state index in [9.17, 15) is 13.2 Å². The molecule has 1 amide bonds. The van der Waals surface area contributed by atoms with Crippen molar-refractivity contribution in [2.24, 2.45) is 5.92 Å². The summed E-state index contributed by atoms with van der Waals surface area (Å²) in [6, 6.07) is 15.4. The number of piperidine rings is 1. The maximum Gasteiger partial charge on any atom is 0.256 e. The number of methoxy groups -OCH3 is 1. The minimum Gasteiger partial charge on any atom is -0.496 e. The molecule has 0 aromatic heterocycles. The number of carbonyl (C=O) groups is 1. The van der Waals surface area contributed by atoms with Gasteiger partial charge in [0.1, 0.15) is 5.75 Å². The summed E-state index contributed by atoms with van der Waals surface area (Å²) >= 11 is 0. The molecule has 2 saturated heterocycles. The van der Waals surface area contributed by atoms with Crippen molar-refractivity contribution in [3.05, 3.63) is 59.7 Å². The van der Waals surface area contributed by atoms with Crippen LogP contribution in [0, 0.1) is 5.92 Å². The topological polar surface area (TPSA) is 87.7 Å². The summed E-state index contributed by atoms with van der Waals surface area (Å²) in [6.45, 7) is 1.22. The molecule has 2 heterocycles. The van der Waals surface area contributed by atoms with Gasteiger partial charge >= 0.3 is 0 Å². The first-order valence-electron chi connectivity index (χ1n) is 13.7. The van der Waals surface area contributed by atoms with Crippen LogP contribution in [0.25, 0.3) is 0 Å². The van der Waals surface area contributed by atoms with Crippen LogP contribution in [0.15, 0.2) is 53.4 Å². The Kier molecular flexibility index (Phi) is 7.88. The van der Waals surface area contributed by atoms with Crippen molar-refractivity contribution in [1.29, 1.82) is 0 Å². The van der Waals surface area contributed by atoms with Crippen LogP contribution in [0.4, 0.5) is 0 Å². The molecule has 2 bridgehead atoms. The van der Waals surface area contributed by atoms with Gasteiger partial charge in [0, 0.05) is 19.1 Å². The Morgan fingerprint density at radius 1 is 1.00 bits per heavy atom. The third-order valence-electron chi connectivity index (χ3n) is 8.56. The number of nitrogens with zero attached hydrogens (tertiary/aromatic N) is 1. The summed E-state index contributed by atoms with van der Waals surface area (Å²) in [7, 11) is -2.23. The number of benzene rings is 2. The predicted molar refractivity (Wildman–Crippen MR) is 144 cm³/mol. The van der Waals surface area contributed by atoms with Crippen molar-refractivity contribution < 1.29 is 17.9 Å². The van der Waals surface area contributed by atoms with E-state index >= 15 is 0 Å². The van der Waals surface area contributed by atoms with E-state index in [1.54, 1.807) is 6.07 Å². The molecular formula is C29H39N3O4S. The van der Waals surface area contributed by atoms with Gasteiger partial charge in [-0.2, -0.15) is 0 Å². The average Bonchev–Trinajstić information content (AvgIpc) is 3.10. The summed E-state index contributed by atoms with van der Waals surface area (Å²) in [5.74, 6) is 0.461. The second kappa shape index (κ2) is 11.1. The lowest BCUT2D eigenvalue weighted by Crippen LogP contribution is -2.60. The van der Waals surface area contributed by atoms with Crippen LogP contribution in [-0.4, -0.2) is 44.6 Å². The molecule has 200 valence electrons. The Hall–Kier alpha value is -2.42. The Morgan fingerprint density at radius 3 is 2.54 bits per heavy atom. The molecule has 2 aromatic carbocycles. The van der Waals surface area contributed by atoms with Crippen LogP contribution in [0.5, 0.6) is 5.75 Å². The van der Waals surface area contributed by atoms with Gasteiger partial charge in [0.05, 0.1) is 23.2 Å². The third kappa shape index (κ3) is 5.71. The van der Waals surface area contributed by atoms with Crippen LogP contribution in [0.3, 0.4) is 0 Å². The summed E-state index contributed by atoms with van der Waals surface area (Å²) in [5, 5.41) is 3.34. The van der Waals surface area contributed by atoms with Gasteiger partial charge in [0.25, 0.3) is 5.91 Å². The molecule has 37 heavy (non-hydrogen) atoms. The number of ether oxygens (including phenoxy) is 1. The number of hydrogen-bond acceptors (Lipinski definition) is 5. The minimum atomic E-state index is -3.73. The molecule has 2 aliphatic heterocycles. The van der Waals surface area contributed by atoms with Gasteiger partial charge in [0.15, 0.2) is 0 Å². The number of fused-ring (bicyclic) bond motifs is 2. The Morgan fingerprint density at radius 2 is 1.78 bits per heavy atom. The van der Waals surface area contributed by atoms with Crippen molar-refractivity contribution in [2.45, 2.75) is 87.4 Å². The maximum atomic E-state index is 13.7. The number of nitrogens with one attached hydrogen (secondary N) is 2. The van der Waals surface area contributed by atoms with Crippen molar-refractivity contribution in [3.8, 4) is 5.75 Å². The van der Waals surface area contributed by atoms with Gasteiger partial charge in [-0.15, -0.1) is 0 Å². The molecule has 7 nitrogen and oxygen atoms in total. The highest BCUT2D eigenvalue weighted by atomic mass is 32.2. The lowest BCUT2D eigenvalue weighted by atomic mass is 9.90. The molecule has 8 heteroatoms. The number of amides is 1. The minimum absolute atomic E-state index is 0.0980. The normalized spacial score (nSPS) is 24.6. The van der Waals surface area contributed by atoms with E-state index in [1.165, 1.54) is 31.2 Å². The summed E-state index contributed by atoms with van der Waals surface area (Å²) in [5.41, 5.74) is 1.05. The average molecular weight is 526 g/mol. The summed E-state index contributed by atoms with van der Waals surface area (Å²) in [6.07, 6.45) is 10.7. The quantitative estimate of drug-likeness (QED) is 0.490. The third-order valence-corrected chi connectivity index (χ3v) is 9.99. The smallest absolute Gasteiger partial charge is 0.256 e. The van der Waals surface area contributed by atoms with E-state index in [2.05, 4.69) is 27.1 Å². The predicted octanol–water partition coefficient (Wildman–Crippen LogP) is 4.83. The van der Waals surface area contributed by atoms with E-state index in [0.717, 1.165) is 64.3 Å². The number of hydrogen-bond donors (Lipinski definition) is 2. The number of sulfonamides is 1. The monoisotopic (exact) mass is 525 g/mol. The van der Waals surface area contributed by atoms with E-state index in [4.69, 9.17) is 4.74 Å². The molecule has 2 atom stereocenters. The van der Waals surface area contributed by atoms with E-state index in [-0.39, 0.29) is 16.4 Å². The van der Waals surface area contributed by atoms with Gasteiger partial charge in [-0.3, -0.25) is 9.69 Å². The highest BCUT2D eigenvalue weighted by molar-refractivity contribution is 7.89. The molecule has 2 aromatic rings. The van der Waals surface area contributed by atoms with Gasteiger partial charge < -0.3 is 10.1 Å². The molecule has 2 unspecified atom stereocenters. The second-order valence-corrected chi connectivity index (χ2v) is 12.7. The largest absolute Gasteiger partial charge is 0.496 e.